The maximum absolute atomic E-state index is 10.9. The Kier molecular flexibility index (Phi) is 2.84. The Morgan fingerprint density at radius 1 is 1.47 bits per heavy atom. The number of rotatable bonds is 4. The van der Waals surface area contributed by atoms with Gasteiger partial charge in [-0.1, -0.05) is 6.07 Å². The van der Waals surface area contributed by atoms with Gasteiger partial charge in [-0.2, -0.15) is 0 Å². The molecule has 0 saturated heterocycles. The van der Waals surface area contributed by atoms with Gasteiger partial charge in [0.1, 0.15) is 0 Å². The van der Waals surface area contributed by atoms with E-state index in [4.69, 9.17) is 4.42 Å². The number of hydrogen-bond acceptors (Lipinski definition) is 4. The third-order valence-corrected chi connectivity index (χ3v) is 2.12. The fourth-order valence-corrected chi connectivity index (χ4v) is 1.43. The molecule has 0 bridgehead atoms. The molecule has 0 amide bonds. The van der Waals surface area contributed by atoms with Crippen LogP contribution < -0.4 is 16.4 Å². The van der Waals surface area contributed by atoms with Gasteiger partial charge in [-0.3, -0.25) is 4.98 Å². The molecular weight excluding hydrogens is 194 g/mol. The molecule has 80 valence electrons. The van der Waals surface area contributed by atoms with E-state index in [1.807, 2.05) is 25.2 Å². The number of fused-ring (bicyclic) bond motifs is 1. The molecule has 1 aromatic carbocycles. The molecule has 0 fully saturated rings. The Labute approximate surface area is 86.5 Å². The first-order valence-corrected chi connectivity index (χ1v) is 4.76. The minimum atomic E-state index is -0.412. The van der Waals surface area contributed by atoms with Crippen LogP contribution in [0.4, 0.5) is 0 Å². The van der Waals surface area contributed by atoms with Crippen molar-refractivity contribution in [3.05, 3.63) is 34.3 Å². The molecule has 2 rings (SSSR count). The highest BCUT2D eigenvalue weighted by molar-refractivity contribution is 5.72. The maximum Gasteiger partial charge on any atom is 0.417 e. The monoisotopic (exact) mass is 207 g/mol. The number of hydrogen-bond donors (Lipinski definition) is 3. The summed E-state index contributed by atoms with van der Waals surface area (Å²) in [7, 11) is 1.88. The van der Waals surface area contributed by atoms with Gasteiger partial charge in [-0.15, -0.1) is 0 Å². The van der Waals surface area contributed by atoms with E-state index >= 15 is 0 Å². The number of oxazole rings is 1. The summed E-state index contributed by atoms with van der Waals surface area (Å²) in [6.45, 7) is 1.49. The largest absolute Gasteiger partial charge is 0.417 e. The smallest absolute Gasteiger partial charge is 0.408 e. The molecule has 15 heavy (non-hydrogen) atoms. The highest BCUT2D eigenvalue weighted by atomic mass is 16.4. The average Bonchev–Trinajstić information content (AvgIpc) is 2.57. The lowest BCUT2D eigenvalue weighted by Crippen LogP contribution is -2.25. The van der Waals surface area contributed by atoms with Gasteiger partial charge in [0, 0.05) is 13.2 Å². The van der Waals surface area contributed by atoms with E-state index in [0.29, 0.717) is 5.58 Å². The number of H-pyrrole nitrogens is 1. The molecule has 1 heterocycles. The maximum atomic E-state index is 10.9. The summed E-state index contributed by atoms with van der Waals surface area (Å²) in [5, 5.41) is 6.17. The molecule has 0 aliphatic heterocycles. The molecule has 0 unspecified atom stereocenters. The second-order valence-corrected chi connectivity index (χ2v) is 3.30. The fourth-order valence-electron chi connectivity index (χ4n) is 1.43. The summed E-state index contributed by atoms with van der Waals surface area (Å²) in [6.07, 6.45) is 0. The van der Waals surface area contributed by atoms with Crippen molar-refractivity contribution >= 4 is 11.1 Å². The van der Waals surface area contributed by atoms with E-state index in [1.54, 1.807) is 0 Å². The molecule has 5 nitrogen and oxygen atoms in total. The van der Waals surface area contributed by atoms with E-state index in [-0.39, 0.29) is 0 Å². The number of aromatic nitrogens is 1. The Hall–Kier alpha value is -1.59. The van der Waals surface area contributed by atoms with Crippen molar-refractivity contribution < 1.29 is 4.42 Å². The molecule has 0 aliphatic rings. The molecule has 0 radical (unpaired) electrons. The zero-order valence-electron chi connectivity index (χ0n) is 8.46. The van der Waals surface area contributed by atoms with Gasteiger partial charge in [0.15, 0.2) is 5.58 Å². The van der Waals surface area contributed by atoms with Crippen LogP contribution in [0.5, 0.6) is 0 Å². The van der Waals surface area contributed by atoms with Crippen molar-refractivity contribution in [3.8, 4) is 0 Å². The van der Waals surface area contributed by atoms with Gasteiger partial charge in [0.05, 0.1) is 5.52 Å². The Morgan fingerprint density at radius 3 is 3.13 bits per heavy atom. The van der Waals surface area contributed by atoms with Gasteiger partial charge in [-0.25, -0.2) is 4.79 Å². The van der Waals surface area contributed by atoms with Crippen LogP contribution in [0.2, 0.25) is 0 Å². The quantitative estimate of drug-likeness (QED) is 0.501. The van der Waals surface area contributed by atoms with Crippen LogP contribution in [-0.2, 0) is 6.54 Å². The predicted octanol–water partition coefficient (Wildman–Crippen LogP) is 0.388. The van der Waals surface area contributed by atoms with E-state index in [1.165, 1.54) is 0 Å². The molecule has 0 aliphatic carbocycles. The standard InChI is InChI=1S/C10H13N3O2/c1-11-6-12-5-7-2-3-8-9(4-7)15-10(14)13-8/h2-4,11-12H,5-6H2,1H3,(H,13,14). The average molecular weight is 207 g/mol. The Morgan fingerprint density at radius 2 is 2.33 bits per heavy atom. The predicted molar refractivity (Wildman–Crippen MR) is 57.6 cm³/mol. The number of benzene rings is 1. The molecule has 0 spiro atoms. The van der Waals surface area contributed by atoms with Gasteiger partial charge < -0.3 is 15.1 Å². The van der Waals surface area contributed by atoms with Crippen molar-refractivity contribution in [1.82, 2.24) is 15.6 Å². The minimum absolute atomic E-state index is 0.412. The van der Waals surface area contributed by atoms with Gasteiger partial charge in [0.25, 0.3) is 0 Å². The molecule has 2 aromatic rings. The molecule has 0 atom stereocenters. The molecule has 1 aromatic heterocycles. The third kappa shape index (κ3) is 2.26. The van der Waals surface area contributed by atoms with Crippen LogP contribution in [0.3, 0.4) is 0 Å². The van der Waals surface area contributed by atoms with E-state index in [2.05, 4.69) is 15.6 Å². The van der Waals surface area contributed by atoms with Crippen molar-refractivity contribution in [2.75, 3.05) is 13.7 Å². The van der Waals surface area contributed by atoms with Crippen molar-refractivity contribution in [3.63, 3.8) is 0 Å². The first-order valence-electron chi connectivity index (χ1n) is 4.76. The second kappa shape index (κ2) is 4.29. The van der Waals surface area contributed by atoms with Crippen molar-refractivity contribution in [2.45, 2.75) is 6.54 Å². The zero-order valence-corrected chi connectivity index (χ0v) is 8.46. The lowest BCUT2D eigenvalue weighted by atomic mass is 10.2. The summed E-state index contributed by atoms with van der Waals surface area (Å²) >= 11 is 0. The van der Waals surface area contributed by atoms with Crippen LogP contribution in [0.1, 0.15) is 5.56 Å². The van der Waals surface area contributed by atoms with E-state index < -0.39 is 5.76 Å². The van der Waals surface area contributed by atoms with Gasteiger partial charge >= 0.3 is 5.76 Å². The SMILES string of the molecule is CNCNCc1ccc2[nH]c(=O)oc2c1. The first kappa shape index (κ1) is 9.95. The van der Waals surface area contributed by atoms with Crippen molar-refractivity contribution in [1.29, 1.82) is 0 Å². The summed E-state index contributed by atoms with van der Waals surface area (Å²) < 4.78 is 4.96. The topological polar surface area (TPSA) is 70.1 Å². The third-order valence-electron chi connectivity index (χ3n) is 2.12. The normalized spacial score (nSPS) is 11.0. The second-order valence-electron chi connectivity index (χ2n) is 3.30. The summed E-state index contributed by atoms with van der Waals surface area (Å²) in [6, 6.07) is 5.66. The number of aromatic amines is 1. The van der Waals surface area contributed by atoms with Gasteiger partial charge in [0.2, 0.25) is 0 Å². The molecule has 5 heteroatoms. The fraction of sp³-hybridized carbons (Fsp3) is 0.300. The molecule has 3 N–H and O–H groups in total. The summed E-state index contributed by atoms with van der Waals surface area (Å²) in [5.41, 5.74) is 2.42. The summed E-state index contributed by atoms with van der Waals surface area (Å²) in [4.78, 5) is 13.5. The Bertz CT molecular complexity index is 501. The highest BCUT2D eigenvalue weighted by Gasteiger charge is 2.01. The number of nitrogens with one attached hydrogen (secondary N) is 3. The van der Waals surface area contributed by atoms with E-state index in [0.717, 1.165) is 24.3 Å². The van der Waals surface area contributed by atoms with Crippen LogP contribution in [0.15, 0.2) is 27.4 Å². The van der Waals surface area contributed by atoms with Crippen LogP contribution >= 0.6 is 0 Å². The van der Waals surface area contributed by atoms with Gasteiger partial charge in [-0.05, 0) is 24.7 Å². The first-order chi connectivity index (χ1) is 7.29. The van der Waals surface area contributed by atoms with Crippen molar-refractivity contribution in [2.24, 2.45) is 0 Å². The highest BCUT2D eigenvalue weighted by Crippen LogP contribution is 2.11. The van der Waals surface area contributed by atoms with Crippen LogP contribution in [0.25, 0.3) is 11.1 Å². The lowest BCUT2D eigenvalue weighted by Gasteiger charge is -2.02. The van der Waals surface area contributed by atoms with Crippen LogP contribution in [0, 0.1) is 0 Å². The lowest BCUT2D eigenvalue weighted by molar-refractivity contribution is 0.554. The minimum Gasteiger partial charge on any atom is -0.408 e. The summed E-state index contributed by atoms with van der Waals surface area (Å²) in [5.74, 6) is -0.412. The van der Waals surface area contributed by atoms with E-state index in [9.17, 15) is 4.79 Å². The molecule has 0 saturated carbocycles. The molecular formula is C10H13N3O2. The zero-order chi connectivity index (χ0) is 10.7. The van der Waals surface area contributed by atoms with Crippen LogP contribution in [-0.4, -0.2) is 18.7 Å². The Balaban J connectivity index is 2.19.